The Morgan fingerprint density at radius 2 is 0.607 bits per heavy atom. The number of fused-ring (bicyclic) bond motifs is 3. The van der Waals surface area contributed by atoms with Gasteiger partial charge in [-0.15, -0.1) is 0 Å². The Hall–Kier alpha value is -8.42. The van der Waals surface area contributed by atoms with E-state index in [1.165, 1.54) is 0 Å². The molecular weight excluding hydrogens is 747 g/mol. The van der Waals surface area contributed by atoms with Crippen LogP contribution in [0.3, 0.4) is 0 Å². The summed E-state index contributed by atoms with van der Waals surface area (Å²) in [7, 11) is 0. The molecule has 0 aliphatic carbocycles. The van der Waals surface area contributed by atoms with Crippen molar-refractivity contribution in [1.82, 2.24) is 34.5 Å². The molecule has 0 radical (unpaired) electrons. The van der Waals surface area contributed by atoms with Crippen LogP contribution in [0, 0.1) is 0 Å². The van der Waals surface area contributed by atoms with Crippen LogP contribution in [0.2, 0.25) is 0 Å². The van der Waals surface area contributed by atoms with Gasteiger partial charge in [-0.3, -0.25) is 0 Å². The number of rotatable bonds is 8. The number of hydrogen-bond acceptors (Lipinski definition) is 6. The highest BCUT2D eigenvalue weighted by Crippen LogP contribution is 2.38. The van der Waals surface area contributed by atoms with E-state index >= 15 is 0 Å². The Morgan fingerprint density at radius 1 is 0.246 bits per heavy atom. The summed E-state index contributed by atoms with van der Waals surface area (Å²) in [6, 6.07) is 72.3. The third-order valence-electron chi connectivity index (χ3n) is 10.9. The van der Waals surface area contributed by atoms with Crippen LogP contribution in [0.15, 0.2) is 212 Å². The zero-order chi connectivity index (χ0) is 40.5. The molecule has 0 aliphatic rings. The Kier molecular flexibility index (Phi) is 9.02. The smallest absolute Gasteiger partial charge is 0.166 e. The van der Waals surface area contributed by atoms with E-state index in [1.54, 1.807) is 0 Å². The van der Waals surface area contributed by atoms with Gasteiger partial charge in [-0.2, -0.15) is 0 Å². The molecule has 3 heterocycles. The molecule has 286 valence electrons. The van der Waals surface area contributed by atoms with E-state index in [0.717, 1.165) is 72.0 Å². The second-order valence-corrected chi connectivity index (χ2v) is 14.8. The number of benzene rings is 8. The van der Waals surface area contributed by atoms with E-state index in [1.807, 2.05) is 97.1 Å². The van der Waals surface area contributed by atoms with E-state index in [4.69, 9.17) is 29.9 Å². The maximum Gasteiger partial charge on any atom is 0.166 e. The average Bonchev–Trinajstić information content (AvgIpc) is 3.69. The van der Waals surface area contributed by atoms with Gasteiger partial charge in [0.05, 0.1) is 16.7 Å². The van der Waals surface area contributed by atoms with Crippen molar-refractivity contribution >= 4 is 21.8 Å². The maximum atomic E-state index is 5.34. The minimum atomic E-state index is 0.522. The van der Waals surface area contributed by atoms with Gasteiger partial charge >= 0.3 is 0 Å². The highest BCUT2D eigenvalue weighted by Gasteiger charge is 2.22. The van der Waals surface area contributed by atoms with Gasteiger partial charge in [0.2, 0.25) is 0 Å². The predicted octanol–water partition coefficient (Wildman–Crippen LogP) is 12.8. The summed E-state index contributed by atoms with van der Waals surface area (Å²) in [6.07, 6.45) is 0. The quantitative estimate of drug-likeness (QED) is 0.153. The van der Waals surface area contributed by atoms with Crippen LogP contribution < -0.4 is 0 Å². The highest BCUT2D eigenvalue weighted by molar-refractivity contribution is 6.09. The highest BCUT2D eigenvalue weighted by atomic mass is 15.1. The van der Waals surface area contributed by atoms with Gasteiger partial charge in [-0.05, 0) is 47.5 Å². The molecule has 0 bridgehead atoms. The third-order valence-corrected chi connectivity index (χ3v) is 10.9. The minimum absolute atomic E-state index is 0.522. The molecule has 0 fully saturated rings. The van der Waals surface area contributed by atoms with Gasteiger partial charge < -0.3 is 4.57 Å². The summed E-state index contributed by atoms with van der Waals surface area (Å²) < 4.78 is 2.31. The largest absolute Gasteiger partial charge is 0.309 e. The molecule has 0 atom stereocenters. The van der Waals surface area contributed by atoms with Crippen LogP contribution in [0.1, 0.15) is 0 Å². The van der Waals surface area contributed by atoms with E-state index < -0.39 is 0 Å². The van der Waals surface area contributed by atoms with Crippen LogP contribution in [0.5, 0.6) is 0 Å². The Bertz CT molecular complexity index is 3240. The summed E-state index contributed by atoms with van der Waals surface area (Å²) in [5, 5.41) is 2.31. The van der Waals surface area contributed by atoms with Crippen molar-refractivity contribution in [2.75, 3.05) is 0 Å². The van der Waals surface area contributed by atoms with Crippen molar-refractivity contribution in [2.24, 2.45) is 0 Å². The number of nitrogens with zero attached hydrogens (tertiary/aromatic N) is 7. The van der Waals surface area contributed by atoms with E-state index in [-0.39, 0.29) is 0 Å². The SMILES string of the molecule is c1ccc(-c2cccc(-c3nc(-c4ccccc4)nc(-c4cc(-c5nc(-c6ccccc6)nc(-c6ccccc6)n5)ccc4-n4c5ccccc5c5ccccc54)n3)c2)cc1. The van der Waals surface area contributed by atoms with Crippen LogP contribution in [-0.4, -0.2) is 34.5 Å². The first kappa shape index (κ1) is 35.7. The molecule has 0 unspecified atom stereocenters. The second kappa shape index (κ2) is 15.4. The topological polar surface area (TPSA) is 82.3 Å². The molecule has 61 heavy (non-hydrogen) atoms. The summed E-state index contributed by atoms with van der Waals surface area (Å²) >= 11 is 0. The molecule has 11 rings (SSSR count). The average molecular weight is 782 g/mol. The lowest BCUT2D eigenvalue weighted by Gasteiger charge is -2.16. The molecule has 7 heteroatoms. The standard InChI is InChI=1S/C54H35N7/c1-5-18-36(19-6-1)40-26-17-27-41(34-40)52-58-51(39-24-11-4-12-25-39)59-54(60-52)45-35-42(32-33-48(45)61-46-30-15-13-28-43(46)44-29-14-16-31-47(44)61)53-56-49(37-20-7-2-8-21-37)55-50(57-53)38-22-9-3-10-23-38/h1-35H. The zero-order valence-electron chi connectivity index (χ0n) is 32.8. The van der Waals surface area contributed by atoms with E-state index in [9.17, 15) is 0 Å². The minimum Gasteiger partial charge on any atom is -0.309 e. The maximum absolute atomic E-state index is 5.34. The molecule has 3 aromatic heterocycles. The van der Waals surface area contributed by atoms with Gasteiger partial charge in [-0.25, -0.2) is 29.9 Å². The molecule has 0 saturated carbocycles. The van der Waals surface area contributed by atoms with Crippen molar-refractivity contribution in [3.05, 3.63) is 212 Å². The first-order valence-corrected chi connectivity index (χ1v) is 20.2. The first-order chi connectivity index (χ1) is 30.2. The number of hydrogen-bond donors (Lipinski definition) is 0. The van der Waals surface area contributed by atoms with Gasteiger partial charge in [0.25, 0.3) is 0 Å². The molecule has 0 N–H and O–H groups in total. The fourth-order valence-corrected chi connectivity index (χ4v) is 7.98. The fraction of sp³-hybridized carbons (Fsp3) is 0. The number of para-hydroxylation sites is 2. The van der Waals surface area contributed by atoms with Crippen molar-refractivity contribution in [2.45, 2.75) is 0 Å². The fourth-order valence-electron chi connectivity index (χ4n) is 7.98. The normalized spacial score (nSPS) is 11.3. The third kappa shape index (κ3) is 6.80. The van der Waals surface area contributed by atoms with Crippen LogP contribution in [-0.2, 0) is 0 Å². The molecule has 8 aromatic carbocycles. The lowest BCUT2D eigenvalue weighted by atomic mass is 10.0. The van der Waals surface area contributed by atoms with Gasteiger partial charge in [0.1, 0.15) is 0 Å². The van der Waals surface area contributed by atoms with Crippen molar-refractivity contribution in [3.63, 3.8) is 0 Å². The lowest BCUT2D eigenvalue weighted by Crippen LogP contribution is -2.05. The van der Waals surface area contributed by atoms with Crippen molar-refractivity contribution in [1.29, 1.82) is 0 Å². The molecule has 0 amide bonds. The second-order valence-electron chi connectivity index (χ2n) is 14.8. The number of aromatic nitrogens is 7. The molecule has 0 saturated heterocycles. The molecule has 7 nitrogen and oxygen atoms in total. The monoisotopic (exact) mass is 781 g/mol. The van der Waals surface area contributed by atoms with Crippen LogP contribution >= 0.6 is 0 Å². The lowest BCUT2D eigenvalue weighted by molar-refractivity contribution is 1.06. The molecular formula is C54H35N7. The summed E-state index contributed by atoms with van der Waals surface area (Å²) in [5.41, 5.74) is 10.4. The van der Waals surface area contributed by atoms with Gasteiger partial charge in [0, 0.05) is 44.2 Å². The van der Waals surface area contributed by atoms with E-state index in [2.05, 4.69) is 120 Å². The van der Waals surface area contributed by atoms with Crippen LogP contribution in [0.4, 0.5) is 0 Å². The van der Waals surface area contributed by atoms with Crippen LogP contribution in [0.25, 0.3) is 107 Å². The van der Waals surface area contributed by atoms with Crippen molar-refractivity contribution < 1.29 is 0 Å². The predicted molar refractivity (Wildman–Crippen MR) is 246 cm³/mol. The first-order valence-electron chi connectivity index (χ1n) is 20.2. The molecule has 0 spiro atoms. The summed E-state index contributed by atoms with van der Waals surface area (Å²) in [5.74, 6) is 3.37. The molecule has 11 aromatic rings. The van der Waals surface area contributed by atoms with Gasteiger partial charge in [0.15, 0.2) is 34.9 Å². The van der Waals surface area contributed by atoms with Gasteiger partial charge in [-0.1, -0.05) is 176 Å². The molecule has 0 aliphatic heterocycles. The Morgan fingerprint density at radius 3 is 1.10 bits per heavy atom. The Balaban J connectivity index is 1.19. The zero-order valence-corrected chi connectivity index (χ0v) is 32.8. The summed E-state index contributed by atoms with van der Waals surface area (Å²) in [4.78, 5) is 31.0. The van der Waals surface area contributed by atoms with Crippen molar-refractivity contribution in [3.8, 4) is 85.1 Å². The van der Waals surface area contributed by atoms with E-state index in [0.29, 0.717) is 34.9 Å². The summed E-state index contributed by atoms with van der Waals surface area (Å²) in [6.45, 7) is 0. The Labute approximate surface area is 352 Å².